The van der Waals surface area contributed by atoms with Gasteiger partial charge in [-0.25, -0.2) is 4.57 Å². The molecule has 0 bridgehead atoms. The Morgan fingerprint density at radius 3 is 1.53 bits per heavy atom. The molecule has 0 aliphatic carbocycles. The third-order valence-electron chi connectivity index (χ3n) is 9.20. The smallest absolute Gasteiger partial charge is 0.457 e. The Morgan fingerprint density at radius 2 is 1.02 bits per heavy atom. The van der Waals surface area contributed by atoms with Crippen LogP contribution in [0.3, 0.4) is 0 Å². The fourth-order valence-electron chi connectivity index (χ4n) is 5.96. The lowest BCUT2D eigenvalue weighted by Crippen LogP contribution is -2.28. The highest BCUT2D eigenvalue weighted by Crippen LogP contribution is 2.43. The Balaban J connectivity index is 4.07. The lowest BCUT2D eigenvalue weighted by molar-refractivity contribution is -0.154. The topological polar surface area (TPSA) is 117 Å². The van der Waals surface area contributed by atoms with E-state index in [4.69, 9.17) is 24.3 Å². The molecular weight excluding hydrogens is 709 g/mol. The maximum atomic E-state index is 12.6. The minimum Gasteiger partial charge on any atom is -0.457 e. The predicted molar refractivity (Wildman–Crippen MR) is 233 cm³/mol. The number of ether oxygens (including phenoxy) is 2. The Hall–Kier alpha value is -1.80. The Morgan fingerprint density at radius 1 is 0.564 bits per heavy atom. The molecule has 2 unspecified atom stereocenters. The normalized spacial score (nSPS) is 14.0. The molecule has 0 aliphatic rings. The van der Waals surface area contributed by atoms with Crippen LogP contribution in [0.15, 0.2) is 60.8 Å². The molecule has 0 aromatic carbocycles. The van der Waals surface area contributed by atoms with E-state index in [9.17, 15) is 14.3 Å². The summed E-state index contributed by atoms with van der Waals surface area (Å²) >= 11 is 0. The molecule has 9 heteroatoms. The number of carbonyl (C=O) groups is 1. The first-order valence-electron chi connectivity index (χ1n) is 22.3. The average molecular weight is 794 g/mol. The third-order valence-corrected chi connectivity index (χ3v) is 10.2. The zero-order chi connectivity index (χ0) is 40.2. The van der Waals surface area contributed by atoms with Gasteiger partial charge in [0.05, 0.1) is 19.8 Å². The van der Waals surface area contributed by atoms with Crippen molar-refractivity contribution in [3.63, 3.8) is 0 Å². The van der Waals surface area contributed by atoms with Crippen molar-refractivity contribution in [2.24, 2.45) is 5.73 Å². The summed E-state index contributed by atoms with van der Waals surface area (Å²) in [6, 6.07) is 0. The number of esters is 1. The fraction of sp³-hybridized carbons (Fsp3) is 0.761. The first kappa shape index (κ1) is 53.2. The largest absolute Gasteiger partial charge is 0.472 e. The van der Waals surface area contributed by atoms with Crippen LogP contribution in [0.1, 0.15) is 187 Å². The van der Waals surface area contributed by atoms with Crippen molar-refractivity contribution in [2.75, 3.05) is 33.0 Å². The highest BCUT2D eigenvalue weighted by atomic mass is 31.2. The van der Waals surface area contributed by atoms with Gasteiger partial charge in [-0.1, -0.05) is 184 Å². The fourth-order valence-corrected chi connectivity index (χ4v) is 6.73. The molecule has 0 aromatic heterocycles. The molecule has 320 valence electrons. The zero-order valence-electron chi connectivity index (χ0n) is 35.4. The summed E-state index contributed by atoms with van der Waals surface area (Å²) in [6.45, 7) is 4.79. The maximum absolute atomic E-state index is 12.6. The summed E-state index contributed by atoms with van der Waals surface area (Å²) < 4.78 is 33.4. The van der Waals surface area contributed by atoms with Gasteiger partial charge >= 0.3 is 13.8 Å². The molecular formula is C46H84NO7P. The van der Waals surface area contributed by atoms with Gasteiger partial charge in [-0.15, -0.1) is 0 Å². The summed E-state index contributed by atoms with van der Waals surface area (Å²) in [5, 5.41) is 0. The predicted octanol–water partition coefficient (Wildman–Crippen LogP) is 13.4. The highest BCUT2D eigenvalue weighted by Gasteiger charge is 2.25. The van der Waals surface area contributed by atoms with E-state index in [0.29, 0.717) is 13.0 Å². The summed E-state index contributed by atoms with van der Waals surface area (Å²) in [4.78, 5) is 22.5. The van der Waals surface area contributed by atoms with E-state index in [1.54, 1.807) is 0 Å². The molecule has 8 nitrogen and oxygen atoms in total. The van der Waals surface area contributed by atoms with Gasteiger partial charge < -0.3 is 20.1 Å². The standard InChI is InChI=1S/C46H84NO7P/c1-3-5-7-9-11-13-15-17-19-20-21-22-23-24-25-27-29-31-33-35-37-39-46(48)54-45(44-53-55(49,50)52-42-40-47)43-51-41-38-36-34-32-30-28-26-18-16-14-12-10-8-6-4-2/h5,7,11,13,17,19,21-22,24-25,45H,3-4,6,8-10,12,14-16,18,20,23,26-44,47H2,1-2H3,(H,49,50)/b7-5-,13-11-,19-17-,22-21-,25-24-. The van der Waals surface area contributed by atoms with Crippen LogP contribution in [-0.2, 0) is 27.9 Å². The number of unbranched alkanes of at least 4 members (excludes halogenated alkanes) is 19. The van der Waals surface area contributed by atoms with Crippen LogP contribution in [0.2, 0.25) is 0 Å². The van der Waals surface area contributed by atoms with Gasteiger partial charge in [0.1, 0.15) is 6.10 Å². The van der Waals surface area contributed by atoms with E-state index in [2.05, 4.69) is 74.6 Å². The number of phosphoric acid groups is 1. The minimum absolute atomic E-state index is 0.0953. The van der Waals surface area contributed by atoms with Crippen LogP contribution in [0, 0.1) is 0 Å². The molecule has 0 heterocycles. The molecule has 3 N–H and O–H groups in total. The molecule has 0 fully saturated rings. The number of carbonyl (C=O) groups excluding carboxylic acids is 1. The van der Waals surface area contributed by atoms with Crippen molar-refractivity contribution in [1.29, 1.82) is 0 Å². The van der Waals surface area contributed by atoms with Gasteiger partial charge in [-0.05, 0) is 57.8 Å². The van der Waals surface area contributed by atoms with Crippen molar-refractivity contribution in [3.8, 4) is 0 Å². The molecule has 2 atom stereocenters. The molecule has 0 spiro atoms. The summed E-state index contributed by atoms with van der Waals surface area (Å²) in [7, 11) is -4.28. The molecule has 55 heavy (non-hydrogen) atoms. The SMILES string of the molecule is CC/C=C\C/C=C\C/C=C\C/C=C\C/C=C\CCCCCCCC(=O)OC(COCCCCCCCCCCCCCCCCC)COP(=O)(O)OCCN. The quantitative estimate of drug-likeness (QED) is 0.0271. The van der Waals surface area contributed by atoms with Crippen LogP contribution in [-0.4, -0.2) is 49.9 Å². The van der Waals surface area contributed by atoms with Gasteiger partial charge in [-0.3, -0.25) is 13.8 Å². The molecule has 0 rings (SSSR count). The molecule has 0 saturated carbocycles. The van der Waals surface area contributed by atoms with E-state index >= 15 is 0 Å². The summed E-state index contributed by atoms with van der Waals surface area (Å²) in [5.74, 6) is -0.349. The first-order valence-corrected chi connectivity index (χ1v) is 23.8. The van der Waals surface area contributed by atoms with Crippen molar-refractivity contribution in [1.82, 2.24) is 0 Å². The molecule has 0 aliphatic heterocycles. The summed E-state index contributed by atoms with van der Waals surface area (Å²) in [6.07, 6.45) is 52.3. The van der Waals surface area contributed by atoms with Gasteiger partial charge in [0.25, 0.3) is 0 Å². The number of rotatable bonds is 42. The van der Waals surface area contributed by atoms with Gasteiger partial charge in [0.2, 0.25) is 0 Å². The van der Waals surface area contributed by atoms with Crippen LogP contribution in [0.25, 0.3) is 0 Å². The van der Waals surface area contributed by atoms with E-state index in [1.165, 1.54) is 83.5 Å². The van der Waals surface area contributed by atoms with E-state index < -0.39 is 13.9 Å². The van der Waals surface area contributed by atoms with Crippen LogP contribution < -0.4 is 5.73 Å². The second kappa shape index (κ2) is 43.3. The second-order valence-electron chi connectivity index (χ2n) is 14.5. The Labute approximate surface area is 338 Å². The Kier molecular flexibility index (Phi) is 41.9. The monoisotopic (exact) mass is 794 g/mol. The number of hydrogen-bond donors (Lipinski definition) is 2. The van der Waals surface area contributed by atoms with Gasteiger partial charge in [0.15, 0.2) is 0 Å². The number of allylic oxidation sites excluding steroid dienone is 10. The molecule has 0 aromatic rings. The Bertz CT molecular complexity index is 1030. The van der Waals surface area contributed by atoms with Crippen LogP contribution in [0.5, 0.6) is 0 Å². The van der Waals surface area contributed by atoms with Gasteiger partial charge in [0, 0.05) is 19.6 Å². The minimum atomic E-state index is -4.28. The lowest BCUT2D eigenvalue weighted by atomic mass is 10.0. The maximum Gasteiger partial charge on any atom is 0.472 e. The lowest BCUT2D eigenvalue weighted by Gasteiger charge is -2.20. The van der Waals surface area contributed by atoms with Gasteiger partial charge in [-0.2, -0.15) is 0 Å². The molecule has 0 radical (unpaired) electrons. The van der Waals surface area contributed by atoms with E-state index in [-0.39, 0.29) is 32.3 Å². The second-order valence-corrected chi connectivity index (χ2v) is 16.0. The number of hydrogen-bond acceptors (Lipinski definition) is 7. The number of phosphoric ester groups is 1. The first-order chi connectivity index (χ1) is 26.9. The van der Waals surface area contributed by atoms with Crippen LogP contribution in [0.4, 0.5) is 0 Å². The van der Waals surface area contributed by atoms with Crippen molar-refractivity contribution >= 4 is 13.8 Å². The van der Waals surface area contributed by atoms with Crippen molar-refractivity contribution < 1.29 is 32.8 Å². The van der Waals surface area contributed by atoms with Crippen molar-refractivity contribution in [2.45, 2.75) is 193 Å². The molecule has 0 saturated heterocycles. The highest BCUT2D eigenvalue weighted by molar-refractivity contribution is 7.47. The van der Waals surface area contributed by atoms with Crippen molar-refractivity contribution in [3.05, 3.63) is 60.8 Å². The zero-order valence-corrected chi connectivity index (χ0v) is 36.3. The van der Waals surface area contributed by atoms with E-state index in [0.717, 1.165) is 83.5 Å². The van der Waals surface area contributed by atoms with Crippen LogP contribution >= 0.6 is 7.82 Å². The molecule has 0 amide bonds. The summed E-state index contributed by atoms with van der Waals surface area (Å²) in [5.41, 5.74) is 5.37. The number of nitrogens with two attached hydrogens (primary N) is 1. The third kappa shape index (κ3) is 43.2. The average Bonchev–Trinajstić information content (AvgIpc) is 3.17. The van der Waals surface area contributed by atoms with E-state index in [1.807, 2.05) is 0 Å².